The Kier molecular flexibility index (Phi) is 3.36. The van der Waals surface area contributed by atoms with Crippen LogP contribution < -0.4 is 10.9 Å². The molecule has 25 heavy (non-hydrogen) atoms. The van der Waals surface area contributed by atoms with Gasteiger partial charge in [0.2, 0.25) is 0 Å². The largest absolute Gasteiger partial charge is 0.506 e. The lowest BCUT2D eigenvalue weighted by Gasteiger charge is -2.34. The summed E-state index contributed by atoms with van der Waals surface area (Å²) in [6.45, 7) is 0. The molecule has 1 aliphatic rings. The summed E-state index contributed by atoms with van der Waals surface area (Å²) in [6.07, 6.45) is 0. The van der Waals surface area contributed by atoms with Crippen molar-refractivity contribution >= 4 is 33.2 Å². The van der Waals surface area contributed by atoms with E-state index in [4.69, 9.17) is 0 Å². The Morgan fingerprint density at radius 3 is 2.56 bits per heavy atom. The van der Waals surface area contributed by atoms with E-state index in [0.29, 0.717) is 16.6 Å². The van der Waals surface area contributed by atoms with Crippen LogP contribution in [0.15, 0.2) is 62.6 Å². The highest BCUT2D eigenvalue weighted by molar-refractivity contribution is 8.23. The second-order valence-electron chi connectivity index (χ2n) is 5.68. The molecule has 0 radical (unpaired) electrons. The number of nitrogens with zero attached hydrogens (tertiary/aromatic N) is 2. The number of pyridine rings is 1. The van der Waals surface area contributed by atoms with E-state index in [1.165, 1.54) is 4.57 Å². The standard InChI is InChI=1S/C17H15N3O4S/c1-20-12-8-4-2-6-10(12)15(21)14(17(20)22)16-18-11-7-3-5-9-13(11)25(23,24)19-16/h2-9,21,23-24H,1H3,(H,18,19). The van der Waals surface area contributed by atoms with Crippen LogP contribution in [-0.2, 0) is 7.05 Å². The maximum atomic E-state index is 12.8. The predicted octanol–water partition coefficient (Wildman–Crippen LogP) is 3.14. The van der Waals surface area contributed by atoms with Gasteiger partial charge in [0.15, 0.2) is 5.84 Å². The average Bonchev–Trinajstić information content (AvgIpc) is 2.59. The molecule has 4 rings (SSSR count). The maximum absolute atomic E-state index is 12.8. The summed E-state index contributed by atoms with van der Waals surface area (Å²) < 4.78 is 26.0. The molecule has 0 aliphatic carbocycles. The topological polar surface area (TPSA) is 107 Å². The van der Waals surface area contributed by atoms with Crippen molar-refractivity contribution in [1.82, 2.24) is 4.57 Å². The molecule has 1 aliphatic heterocycles. The van der Waals surface area contributed by atoms with E-state index < -0.39 is 16.3 Å². The first kappa shape index (κ1) is 15.7. The van der Waals surface area contributed by atoms with Gasteiger partial charge >= 0.3 is 0 Å². The van der Waals surface area contributed by atoms with Crippen molar-refractivity contribution in [3.63, 3.8) is 0 Å². The van der Waals surface area contributed by atoms with Crippen molar-refractivity contribution in [3.8, 4) is 5.75 Å². The van der Waals surface area contributed by atoms with Crippen molar-refractivity contribution in [2.45, 2.75) is 4.90 Å². The second kappa shape index (κ2) is 5.35. The number of fused-ring (bicyclic) bond motifs is 2. The van der Waals surface area contributed by atoms with Crippen LogP contribution in [0.25, 0.3) is 10.9 Å². The van der Waals surface area contributed by atoms with Gasteiger partial charge in [0.05, 0.1) is 11.2 Å². The fraction of sp³-hybridized carbons (Fsp3) is 0.0588. The van der Waals surface area contributed by atoms with E-state index in [1.54, 1.807) is 55.6 Å². The van der Waals surface area contributed by atoms with E-state index in [0.717, 1.165) is 0 Å². The third kappa shape index (κ3) is 2.30. The third-order valence-corrected chi connectivity index (χ3v) is 5.55. The summed E-state index contributed by atoms with van der Waals surface area (Å²) in [5.74, 6) is -0.318. The first-order chi connectivity index (χ1) is 11.9. The van der Waals surface area contributed by atoms with Gasteiger partial charge in [-0.3, -0.25) is 13.9 Å². The quantitative estimate of drug-likeness (QED) is 0.535. The fourth-order valence-electron chi connectivity index (χ4n) is 2.94. The number of anilines is 1. The van der Waals surface area contributed by atoms with Gasteiger partial charge in [-0.05, 0) is 24.3 Å². The van der Waals surface area contributed by atoms with Gasteiger partial charge in [0, 0.05) is 12.4 Å². The van der Waals surface area contributed by atoms with Crippen LogP contribution >= 0.6 is 10.8 Å². The molecule has 1 aromatic heterocycles. The zero-order valence-corrected chi connectivity index (χ0v) is 14.0. The maximum Gasteiger partial charge on any atom is 0.265 e. The molecule has 0 saturated heterocycles. The summed E-state index contributed by atoms with van der Waals surface area (Å²) in [5.41, 5.74) is 0.409. The van der Waals surface area contributed by atoms with Gasteiger partial charge in [-0.2, -0.15) is 0 Å². The number of rotatable bonds is 1. The highest BCUT2D eigenvalue weighted by atomic mass is 32.3. The zero-order chi connectivity index (χ0) is 17.8. The second-order valence-corrected chi connectivity index (χ2v) is 7.34. The van der Waals surface area contributed by atoms with Crippen LogP contribution in [0.5, 0.6) is 5.75 Å². The van der Waals surface area contributed by atoms with Gasteiger partial charge in [-0.1, -0.05) is 35.0 Å². The summed E-state index contributed by atoms with van der Waals surface area (Å²) in [7, 11) is -1.89. The first-order valence-corrected chi connectivity index (χ1v) is 8.96. The molecule has 4 N–H and O–H groups in total. The Hall–Kier alpha value is -2.81. The number of benzene rings is 2. The van der Waals surface area contributed by atoms with Gasteiger partial charge in [0.1, 0.15) is 16.2 Å². The minimum absolute atomic E-state index is 0.0671. The predicted molar refractivity (Wildman–Crippen MR) is 98.6 cm³/mol. The summed E-state index contributed by atoms with van der Waals surface area (Å²) in [6, 6.07) is 13.5. The molecule has 128 valence electrons. The lowest BCUT2D eigenvalue weighted by Crippen LogP contribution is -2.31. The number of aromatic hydroxyl groups is 1. The van der Waals surface area contributed by atoms with E-state index in [9.17, 15) is 19.0 Å². The molecule has 0 spiro atoms. The number of nitrogens with one attached hydrogen (secondary N) is 1. The van der Waals surface area contributed by atoms with Crippen molar-refractivity contribution in [1.29, 1.82) is 0 Å². The number of aryl methyl sites for hydroxylation is 1. The molecule has 0 atom stereocenters. The highest BCUT2D eigenvalue weighted by Gasteiger charge is 2.29. The van der Waals surface area contributed by atoms with Gasteiger partial charge < -0.3 is 15.0 Å². The SMILES string of the molecule is Cn1c(=O)c(C2=NS(O)(O)c3ccccc3N2)c(O)c2ccccc21. The smallest absolute Gasteiger partial charge is 0.265 e. The Balaban J connectivity index is 2.01. The number of hydrogen-bond donors (Lipinski definition) is 4. The molecule has 0 saturated carbocycles. The highest BCUT2D eigenvalue weighted by Crippen LogP contribution is 2.55. The van der Waals surface area contributed by atoms with Crippen LogP contribution in [0.3, 0.4) is 0 Å². The van der Waals surface area contributed by atoms with Crippen LogP contribution in [0.1, 0.15) is 5.56 Å². The molecular formula is C17H15N3O4S. The molecule has 2 aromatic carbocycles. The zero-order valence-electron chi connectivity index (χ0n) is 13.2. The van der Waals surface area contributed by atoms with Crippen molar-refractivity contribution in [2.75, 3.05) is 5.32 Å². The number of amidine groups is 1. The van der Waals surface area contributed by atoms with Crippen LogP contribution in [0, 0.1) is 0 Å². The Bertz CT molecular complexity index is 1100. The van der Waals surface area contributed by atoms with E-state index in [2.05, 4.69) is 9.71 Å². The monoisotopic (exact) mass is 357 g/mol. The van der Waals surface area contributed by atoms with Crippen LogP contribution in [0.4, 0.5) is 5.69 Å². The van der Waals surface area contributed by atoms with Gasteiger partial charge in [0.25, 0.3) is 5.56 Å². The fourth-order valence-corrected chi connectivity index (χ4v) is 4.10. The Morgan fingerprint density at radius 1 is 1.08 bits per heavy atom. The summed E-state index contributed by atoms with van der Waals surface area (Å²) in [4.78, 5) is 13.0. The first-order valence-electron chi connectivity index (χ1n) is 7.45. The van der Waals surface area contributed by atoms with E-state index >= 15 is 0 Å². The molecule has 0 amide bonds. The normalized spacial score (nSPS) is 16.7. The van der Waals surface area contributed by atoms with Crippen molar-refractivity contribution in [3.05, 3.63) is 64.4 Å². The molecule has 3 aromatic rings. The summed E-state index contributed by atoms with van der Waals surface area (Å²) in [5, 5.41) is 14.0. The number of aromatic nitrogens is 1. The van der Waals surface area contributed by atoms with Crippen molar-refractivity contribution in [2.24, 2.45) is 11.4 Å². The molecule has 7 nitrogen and oxygen atoms in total. The summed E-state index contributed by atoms with van der Waals surface area (Å²) >= 11 is 0. The molecule has 0 bridgehead atoms. The van der Waals surface area contributed by atoms with Gasteiger partial charge in [-0.25, -0.2) is 0 Å². The molecule has 0 fully saturated rings. The minimum atomic E-state index is -3.47. The van der Waals surface area contributed by atoms with E-state index in [-0.39, 0.29) is 22.0 Å². The molecule has 8 heteroatoms. The molecule has 2 heterocycles. The van der Waals surface area contributed by atoms with Gasteiger partial charge in [-0.15, -0.1) is 4.40 Å². The lowest BCUT2D eigenvalue weighted by molar-refractivity contribution is 0.478. The van der Waals surface area contributed by atoms with Crippen molar-refractivity contribution < 1.29 is 14.2 Å². The Labute approximate surface area is 144 Å². The molecule has 0 unspecified atom stereocenters. The Morgan fingerprint density at radius 2 is 1.76 bits per heavy atom. The molecular weight excluding hydrogens is 342 g/mol. The number of hydrogen-bond acceptors (Lipinski definition) is 6. The van der Waals surface area contributed by atoms with Crippen LogP contribution in [0.2, 0.25) is 0 Å². The average molecular weight is 357 g/mol. The lowest BCUT2D eigenvalue weighted by atomic mass is 10.1. The third-order valence-electron chi connectivity index (χ3n) is 4.17. The number of para-hydroxylation sites is 2. The van der Waals surface area contributed by atoms with Crippen LogP contribution in [-0.4, -0.2) is 24.6 Å². The van der Waals surface area contributed by atoms with E-state index in [1.807, 2.05) is 0 Å². The minimum Gasteiger partial charge on any atom is -0.506 e.